The Labute approximate surface area is 213 Å². The highest BCUT2D eigenvalue weighted by Crippen LogP contribution is 2.32. The number of aliphatic hydroxyl groups excluding tert-OH is 2. The van der Waals surface area contributed by atoms with E-state index in [0.717, 1.165) is 17.7 Å². The van der Waals surface area contributed by atoms with Crippen molar-refractivity contribution in [1.29, 1.82) is 0 Å². The predicted molar refractivity (Wildman–Crippen MR) is 137 cm³/mol. The van der Waals surface area contributed by atoms with E-state index in [1.165, 1.54) is 24.3 Å². The van der Waals surface area contributed by atoms with Crippen molar-refractivity contribution < 1.29 is 32.9 Å². The summed E-state index contributed by atoms with van der Waals surface area (Å²) in [7, 11) is 0. The van der Waals surface area contributed by atoms with Crippen LogP contribution in [0, 0.1) is 0 Å². The summed E-state index contributed by atoms with van der Waals surface area (Å²) in [6, 6.07) is 18.8. The van der Waals surface area contributed by atoms with Crippen LogP contribution in [0.5, 0.6) is 5.75 Å². The van der Waals surface area contributed by atoms with Gasteiger partial charge in [-0.2, -0.15) is 13.2 Å². The van der Waals surface area contributed by atoms with Crippen LogP contribution in [0.15, 0.2) is 91.0 Å². The lowest BCUT2D eigenvalue weighted by Gasteiger charge is -2.16. The molecular weight excluding hydrogens is 483 g/mol. The van der Waals surface area contributed by atoms with Crippen LogP contribution in [0.3, 0.4) is 0 Å². The summed E-state index contributed by atoms with van der Waals surface area (Å²) >= 11 is 0. The first-order valence-corrected chi connectivity index (χ1v) is 11.7. The van der Waals surface area contributed by atoms with Crippen LogP contribution >= 0.6 is 0 Å². The zero-order valence-electron chi connectivity index (χ0n) is 20.2. The number of carbonyl (C=O) groups is 1. The zero-order valence-corrected chi connectivity index (χ0v) is 20.2. The smallest absolute Gasteiger partial charge is 0.416 e. The topological polar surface area (TPSA) is 78.8 Å². The summed E-state index contributed by atoms with van der Waals surface area (Å²) in [5.74, 6) is -0.321. The average Bonchev–Trinajstić information content (AvgIpc) is 2.89. The number of benzene rings is 3. The second-order valence-electron chi connectivity index (χ2n) is 8.11. The van der Waals surface area contributed by atoms with Crippen LogP contribution in [-0.2, 0) is 11.0 Å². The molecule has 0 spiro atoms. The molecule has 0 atom stereocenters. The quantitative estimate of drug-likeness (QED) is 0.238. The largest absolute Gasteiger partial charge is 0.494 e. The number of nitrogens with one attached hydrogen (secondary N) is 1. The maximum Gasteiger partial charge on any atom is 0.416 e. The Morgan fingerprint density at radius 3 is 2.11 bits per heavy atom. The van der Waals surface area contributed by atoms with Gasteiger partial charge in [0.2, 0.25) is 5.91 Å². The van der Waals surface area contributed by atoms with Crippen molar-refractivity contribution in [2.75, 3.05) is 25.1 Å². The monoisotopic (exact) mass is 511 g/mol. The summed E-state index contributed by atoms with van der Waals surface area (Å²) in [5, 5.41) is 21.7. The molecule has 194 valence electrons. The van der Waals surface area contributed by atoms with Crippen molar-refractivity contribution in [2.45, 2.75) is 19.0 Å². The molecule has 3 aromatic carbocycles. The number of carbonyl (C=O) groups excluding carboxylic acids is 1. The molecule has 0 aliphatic carbocycles. The number of ether oxygens (including phenoxy) is 1. The van der Waals surface area contributed by atoms with Gasteiger partial charge in [0.25, 0.3) is 0 Å². The molecule has 8 heteroatoms. The molecule has 3 aromatic rings. The molecule has 3 rings (SSSR count). The standard InChI is InChI=1S/C29H28F3NO4/c1-2-37-24-16-12-21(13-17-24)25(20-10-14-23(15-11-20)29(30,31)32)7-5-9-28(36)33-27-8-4-3-6-26(27)22(18-34)19-35/h3-17,22,34-35H,2,18-19H2,1H3,(H,33,36). The van der Waals surface area contributed by atoms with E-state index >= 15 is 0 Å². The fourth-order valence-corrected chi connectivity index (χ4v) is 3.72. The molecule has 0 fully saturated rings. The molecule has 5 nitrogen and oxygen atoms in total. The van der Waals surface area contributed by atoms with Gasteiger partial charge in [-0.3, -0.25) is 4.79 Å². The van der Waals surface area contributed by atoms with E-state index in [2.05, 4.69) is 5.32 Å². The fourth-order valence-electron chi connectivity index (χ4n) is 3.72. The highest BCUT2D eigenvalue weighted by Gasteiger charge is 2.30. The first kappa shape index (κ1) is 27.7. The minimum atomic E-state index is -4.44. The number of alkyl halides is 3. The molecule has 0 saturated heterocycles. The van der Waals surface area contributed by atoms with Gasteiger partial charge in [0.05, 0.1) is 25.4 Å². The number of anilines is 1. The van der Waals surface area contributed by atoms with E-state index < -0.39 is 23.6 Å². The number of allylic oxidation sites excluding steroid dienone is 2. The van der Waals surface area contributed by atoms with Crippen LogP contribution in [-0.4, -0.2) is 35.9 Å². The van der Waals surface area contributed by atoms with Crippen molar-refractivity contribution in [3.8, 4) is 5.75 Å². The Kier molecular flexibility index (Phi) is 9.65. The average molecular weight is 512 g/mol. The van der Waals surface area contributed by atoms with E-state index in [9.17, 15) is 28.2 Å². The van der Waals surface area contributed by atoms with Gasteiger partial charge in [0.1, 0.15) is 5.75 Å². The van der Waals surface area contributed by atoms with Crippen molar-refractivity contribution in [3.05, 3.63) is 113 Å². The molecule has 0 aliphatic rings. The van der Waals surface area contributed by atoms with E-state index in [1.54, 1.807) is 54.6 Å². The second-order valence-corrected chi connectivity index (χ2v) is 8.11. The predicted octanol–water partition coefficient (Wildman–Crippen LogP) is 5.80. The van der Waals surface area contributed by atoms with E-state index in [4.69, 9.17) is 4.74 Å². The van der Waals surface area contributed by atoms with Crippen molar-refractivity contribution in [2.24, 2.45) is 0 Å². The number of rotatable bonds is 10. The molecule has 37 heavy (non-hydrogen) atoms. The number of para-hydroxylation sites is 1. The number of halogens is 3. The number of amides is 1. The van der Waals surface area contributed by atoms with E-state index in [-0.39, 0.29) is 13.2 Å². The van der Waals surface area contributed by atoms with Gasteiger partial charge in [-0.15, -0.1) is 0 Å². The summed E-state index contributed by atoms with van der Waals surface area (Å²) in [4.78, 5) is 12.6. The lowest BCUT2D eigenvalue weighted by molar-refractivity contribution is -0.137. The first-order valence-electron chi connectivity index (χ1n) is 11.7. The fraction of sp³-hybridized carbons (Fsp3) is 0.207. The maximum absolute atomic E-state index is 13.0. The van der Waals surface area contributed by atoms with Crippen LogP contribution in [0.4, 0.5) is 18.9 Å². The number of hydrogen-bond acceptors (Lipinski definition) is 4. The molecule has 3 N–H and O–H groups in total. The van der Waals surface area contributed by atoms with Crippen molar-refractivity contribution >= 4 is 17.2 Å². The minimum absolute atomic E-state index is 0.277. The van der Waals surface area contributed by atoms with Gasteiger partial charge in [-0.25, -0.2) is 0 Å². The SMILES string of the molecule is CCOc1ccc(C(=CC=CC(=O)Nc2ccccc2C(CO)CO)c2ccc(C(F)(F)F)cc2)cc1. The van der Waals surface area contributed by atoms with Gasteiger partial charge >= 0.3 is 6.18 Å². The molecule has 0 unspecified atom stereocenters. The van der Waals surface area contributed by atoms with Crippen LogP contribution in [0.2, 0.25) is 0 Å². The first-order chi connectivity index (χ1) is 17.8. The lowest BCUT2D eigenvalue weighted by atomic mass is 9.96. The molecule has 1 amide bonds. The van der Waals surface area contributed by atoms with Crippen molar-refractivity contribution in [3.63, 3.8) is 0 Å². The van der Waals surface area contributed by atoms with E-state index in [0.29, 0.717) is 34.7 Å². The van der Waals surface area contributed by atoms with Crippen LogP contribution in [0.1, 0.15) is 35.1 Å². The van der Waals surface area contributed by atoms with Crippen molar-refractivity contribution in [1.82, 2.24) is 0 Å². The highest BCUT2D eigenvalue weighted by atomic mass is 19.4. The highest BCUT2D eigenvalue weighted by molar-refractivity contribution is 6.00. The summed E-state index contributed by atoms with van der Waals surface area (Å²) in [6.07, 6.45) is 0.00814. The molecule has 0 radical (unpaired) electrons. The third-order valence-corrected chi connectivity index (χ3v) is 5.61. The van der Waals surface area contributed by atoms with Gasteiger partial charge in [0, 0.05) is 17.7 Å². The number of aliphatic hydroxyl groups is 2. The van der Waals surface area contributed by atoms with Gasteiger partial charge in [0.15, 0.2) is 0 Å². The lowest BCUT2D eigenvalue weighted by Crippen LogP contribution is -2.15. The summed E-state index contributed by atoms with van der Waals surface area (Å²) in [6.45, 7) is 1.81. The Morgan fingerprint density at radius 1 is 0.946 bits per heavy atom. The third-order valence-electron chi connectivity index (χ3n) is 5.61. The summed E-state index contributed by atoms with van der Waals surface area (Å²) in [5.41, 5.74) is 2.20. The normalized spacial score (nSPS) is 12.2. The molecule has 0 bridgehead atoms. The van der Waals surface area contributed by atoms with Gasteiger partial charge in [-0.1, -0.05) is 54.6 Å². The maximum atomic E-state index is 13.0. The Bertz CT molecular complexity index is 1230. The molecule has 0 heterocycles. The van der Waals surface area contributed by atoms with Gasteiger partial charge in [-0.05, 0) is 59.5 Å². The Hall–Kier alpha value is -3.88. The van der Waals surface area contributed by atoms with E-state index in [1.807, 2.05) is 6.92 Å². The minimum Gasteiger partial charge on any atom is -0.494 e. The third kappa shape index (κ3) is 7.55. The Balaban J connectivity index is 1.88. The van der Waals surface area contributed by atoms with Gasteiger partial charge < -0.3 is 20.3 Å². The molecule has 0 saturated carbocycles. The number of hydrogen-bond donors (Lipinski definition) is 3. The Morgan fingerprint density at radius 2 is 1.54 bits per heavy atom. The van der Waals surface area contributed by atoms with Crippen LogP contribution in [0.25, 0.3) is 5.57 Å². The summed E-state index contributed by atoms with van der Waals surface area (Å²) < 4.78 is 44.6. The zero-order chi connectivity index (χ0) is 26.8. The molecular formula is C29H28F3NO4. The van der Waals surface area contributed by atoms with Crippen LogP contribution < -0.4 is 10.1 Å². The second kappa shape index (κ2) is 12.9. The molecule has 0 aliphatic heterocycles. The molecule has 0 aromatic heterocycles.